The van der Waals surface area contributed by atoms with Crippen molar-refractivity contribution in [2.45, 2.75) is 112 Å². The van der Waals surface area contributed by atoms with Crippen molar-refractivity contribution in [3.05, 3.63) is 35.1 Å². The molecule has 1 aromatic rings. The van der Waals surface area contributed by atoms with Gasteiger partial charge in [0.25, 0.3) is 0 Å². The highest BCUT2D eigenvalue weighted by Crippen LogP contribution is 2.38. The van der Waals surface area contributed by atoms with Gasteiger partial charge in [0, 0.05) is 0 Å². The predicted octanol–water partition coefficient (Wildman–Crippen LogP) is 3.07. The molecule has 5 unspecified atom stereocenters. The molecule has 214 valence electrons. The van der Waals surface area contributed by atoms with Crippen LogP contribution >= 0.6 is 23.4 Å². The number of carbonyl (C=O) groups is 1. The maximum Gasteiger partial charge on any atom is 0.237 e. The summed E-state index contributed by atoms with van der Waals surface area (Å²) in [6, 6.07) is 4.07. The van der Waals surface area contributed by atoms with E-state index in [1.54, 1.807) is 25.3 Å². The molecule has 2 aliphatic heterocycles. The SMILES string of the molecule is CSC1O[C@H]([C@H](NC(=O)C2CC[C@H](CCCC3CCc4ccc(F)cc43)CCN2)[C@H](C)Cl)C(O)C(O)[C@H]1O. The van der Waals surface area contributed by atoms with E-state index < -0.39 is 41.3 Å². The molecule has 38 heavy (non-hydrogen) atoms. The molecule has 0 spiro atoms. The zero-order valence-corrected chi connectivity index (χ0v) is 23.8. The molecule has 0 aromatic heterocycles. The lowest BCUT2D eigenvalue weighted by atomic mass is 9.89. The Balaban J connectivity index is 1.27. The highest BCUT2D eigenvalue weighted by atomic mass is 35.5. The largest absolute Gasteiger partial charge is 0.388 e. The molecule has 5 N–H and O–H groups in total. The number of hydrogen-bond donors (Lipinski definition) is 5. The standard InChI is InChI=1S/C28H42ClFN2O5S/c1-15(29)22(26-24(34)23(33)25(35)28(37-26)38-2)32-27(36)21-11-6-16(12-13-31-21)4-3-5-17-7-8-18-9-10-19(30)14-20(17)18/h9-10,14-17,21-26,28,31,33-35H,3-8,11-13H2,1-2H3,(H,32,36)/t15-,16-,17?,21?,22+,23?,24?,25+,26+,28?/m0/s1. The zero-order chi connectivity index (χ0) is 27.4. The summed E-state index contributed by atoms with van der Waals surface area (Å²) in [5.74, 6) is 0.618. The smallest absolute Gasteiger partial charge is 0.237 e. The van der Waals surface area contributed by atoms with Gasteiger partial charge in [-0.2, -0.15) is 0 Å². The van der Waals surface area contributed by atoms with Crippen LogP contribution in [0.2, 0.25) is 0 Å². The summed E-state index contributed by atoms with van der Waals surface area (Å²) >= 11 is 7.64. The molecule has 10 atom stereocenters. The summed E-state index contributed by atoms with van der Waals surface area (Å²) in [5.41, 5.74) is 1.74. The number of benzene rings is 1. The fourth-order valence-corrected chi connectivity index (χ4v) is 7.21. The van der Waals surface area contributed by atoms with Gasteiger partial charge in [-0.25, -0.2) is 4.39 Å². The first kappa shape index (κ1) is 30.0. The summed E-state index contributed by atoms with van der Waals surface area (Å²) in [7, 11) is 0. The number of halogens is 2. The molecule has 3 aliphatic rings. The van der Waals surface area contributed by atoms with Crippen LogP contribution in [-0.2, 0) is 16.0 Å². The van der Waals surface area contributed by atoms with Gasteiger partial charge >= 0.3 is 0 Å². The van der Waals surface area contributed by atoms with E-state index in [9.17, 15) is 24.5 Å². The average Bonchev–Trinajstić information content (AvgIpc) is 3.13. The third-order valence-corrected chi connectivity index (χ3v) is 9.72. The van der Waals surface area contributed by atoms with E-state index >= 15 is 0 Å². The van der Waals surface area contributed by atoms with Crippen molar-refractivity contribution in [1.82, 2.24) is 10.6 Å². The summed E-state index contributed by atoms with van der Waals surface area (Å²) in [4.78, 5) is 13.2. The van der Waals surface area contributed by atoms with Crippen molar-refractivity contribution in [3.63, 3.8) is 0 Å². The molecule has 1 amide bonds. The monoisotopic (exact) mass is 572 g/mol. The van der Waals surface area contributed by atoms with E-state index in [1.165, 1.54) is 22.9 Å². The summed E-state index contributed by atoms with van der Waals surface area (Å²) < 4.78 is 19.6. The maximum absolute atomic E-state index is 13.7. The Morgan fingerprint density at radius 1 is 1.18 bits per heavy atom. The molecule has 0 bridgehead atoms. The van der Waals surface area contributed by atoms with Gasteiger partial charge in [0.1, 0.15) is 35.7 Å². The van der Waals surface area contributed by atoms with Crippen molar-refractivity contribution in [1.29, 1.82) is 0 Å². The van der Waals surface area contributed by atoms with Crippen LogP contribution in [0.15, 0.2) is 18.2 Å². The van der Waals surface area contributed by atoms with E-state index in [1.807, 2.05) is 6.07 Å². The van der Waals surface area contributed by atoms with Gasteiger partial charge in [-0.15, -0.1) is 23.4 Å². The number of hydrogen-bond acceptors (Lipinski definition) is 7. The van der Waals surface area contributed by atoms with Crippen LogP contribution in [-0.4, -0.2) is 81.3 Å². The van der Waals surface area contributed by atoms with Gasteiger partial charge in [0.2, 0.25) is 5.91 Å². The number of aryl methyl sites for hydroxylation is 1. The lowest BCUT2D eigenvalue weighted by Gasteiger charge is -2.44. The normalized spacial score (nSPS) is 35.2. The van der Waals surface area contributed by atoms with E-state index in [-0.39, 0.29) is 17.8 Å². The van der Waals surface area contributed by atoms with Gasteiger partial charge in [-0.3, -0.25) is 4.79 Å². The van der Waals surface area contributed by atoms with E-state index in [4.69, 9.17) is 16.3 Å². The molecule has 4 rings (SSSR count). The average molecular weight is 573 g/mol. The Bertz CT molecular complexity index is 941. The quantitative estimate of drug-likeness (QED) is 0.289. The lowest BCUT2D eigenvalue weighted by Crippen LogP contribution is -2.65. The number of aliphatic hydroxyl groups is 3. The number of fused-ring (bicyclic) bond motifs is 1. The Labute approximate surface area is 234 Å². The number of ether oxygens (including phenoxy) is 1. The molecule has 7 nitrogen and oxygen atoms in total. The van der Waals surface area contributed by atoms with E-state index in [0.29, 0.717) is 18.3 Å². The van der Waals surface area contributed by atoms with Crippen molar-refractivity contribution in [2.75, 3.05) is 12.8 Å². The fraction of sp³-hybridized carbons (Fsp3) is 0.750. The third kappa shape index (κ3) is 7.03. The van der Waals surface area contributed by atoms with Crippen LogP contribution < -0.4 is 10.6 Å². The molecule has 0 saturated carbocycles. The minimum absolute atomic E-state index is 0.150. The Kier molecular flexibility index (Phi) is 10.8. The molecule has 1 aliphatic carbocycles. The number of aliphatic hydroxyl groups excluding tert-OH is 3. The lowest BCUT2D eigenvalue weighted by molar-refractivity contribution is -0.205. The van der Waals surface area contributed by atoms with Crippen LogP contribution in [0.4, 0.5) is 4.39 Å². The molecular weight excluding hydrogens is 531 g/mol. The number of alkyl halides is 1. The van der Waals surface area contributed by atoms with Gasteiger partial charge in [-0.05, 0) is 93.3 Å². The number of amides is 1. The minimum atomic E-state index is -1.39. The second-order valence-electron chi connectivity index (χ2n) is 11.1. The molecule has 1 aromatic carbocycles. The van der Waals surface area contributed by atoms with E-state index in [2.05, 4.69) is 10.6 Å². The van der Waals surface area contributed by atoms with Crippen LogP contribution in [0.1, 0.15) is 68.9 Å². The van der Waals surface area contributed by atoms with Gasteiger partial charge in [-0.1, -0.05) is 18.9 Å². The van der Waals surface area contributed by atoms with Gasteiger partial charge in [0.15, 0.2) is 0 Å². The number of carbonyl (C=O) groups excluding carboxylic acids is 1. The van der Waals surface area contributed by atoms with Crippen molar-refractivity contribution < 1.29 is 29.2 Å². The van der Waals surface area contributed by atoms with Crippen LogP contribution in [0.3, 0.4) is 0 Å². The number of nitrogens with one attached hydrogen (secondary N) is 2. The molecule has 0 radical (unpaired) electrons. The third-order valence-electron chi connectivity index (χ3n) is 8.59. The number of rotatable bonds is 9. The van der Waals surface area contributed by atoms with Crippen molar-refractivity contribution in [3.8, 4) is 0 Å². The number of thioether (sulfide) groups is 1. The Morgan fingerprint density at radius 2 is 1.97 bits per heavy atom. The molecule has 2 saturated heterocycles. The highest BCUT2D eigenvalue weighted by molar-refractivity contribution is 7.99. The summed E-state index contributed by atoms with van der Waals surface area (Å²) in [6.07, 6.45) is 4.80. The topological polar surface area (TPSA) is 111 Å². The Morgan fingerprint density at radius 3 is 2.71 bits per heavy atom. The Hall–Kier alpha value is -0.940. The maximum atomic E-state index is 13.7. The first-order valence-corrected chi connectivity index (χ1v) is 15.6. The predicted molar refractivity (Wildman–Crippen MR) is 148 cm³/mol. The first-order chi connectivity index (χ1) is 18.2. The van der Waals surface area contributed by atoms with Crippen LogP contribution in [0.5, 0.6) is 0 Å². The summed E-state index contributed by atoms with van der Waals surface area (Å²) in [6.45, 7) is 2.45. The van der Waals surface area contributed by atoms with Gasteiger partial charge < -0.3 is 30.7 Å². The van der Waals surface area contributed by atoms with Crippen LogP contribution in [0, 0.1) is 11.7 Å². The fourth-order valence-electron chi connectivity index (χ4n) is 6.32. The molecule has 2 heterocycles. The molecular formula is C28H42ClFN2O5S. The molecule has 2 fully saturated rings. The summed E-state index contributed by atoms with van der Waals surface area (Å²) in [5, 5.41) is 36.8. The second-order valence-corrected chi connectivity index (χ2v) is 12.8. The first-order valence-electron chi connectivity index (χ1n) is 13.9. The van der Waals surface area contributed by atoms with Crippen molar-refractivity contribution >= 4 is 29.3 Å². The van der Waals surface area contributed by atoms with Crippen molar-refractivity contribution in [2.24, 2.45) is 5.92 Å². The molecule has 10 heteroatoms. The zero-order valence-electron chi connectivity index (χ0n) is 22.2. The minimum Gasteiger partial charge on any atom is -0.388 e. The van der Waals surface area contributed by atoms with E-state index in [0.717, 1.165) is 51.5 Å². The highest BCUT2D eigenvalue weighted by Gasteiger charge is 2.48. The second kappa shape index (κ2) is 13.6. The van der Waals surface area contributed by atoms with Crippen LogP contribution in [0.25, 0.3) is 0 Å². The van der Waals surface area contributed by atoms with Gasteiger partial charge in [0.05, 0.1) is 17.5 Å².